The number of nitrogens with two attached hydrogens (primary N) is 1. The van der Waals surface area contributed by atoms with Gasteiger partial charge in [-0.3, -0.25) is 0 Å². The summed E-state index contributed by atoms with van der Waals surface area (Å²) in [6.45, 7) is 15.5. The Kier molecular flexibility index (Phi) is 7.20. The van der Waals surface area contributed by atoms with E-state index in [-0.39, 0.29) is 0 Å². The van der Waals surface area contributed by atoms with Gasteiger partial charge in [-0.15, -0.1) is 0 Å². The van der Waals surface area contributed by atoms with E-state index >= 15 is 0 Å². The third kappa shape index (κ3) is 5.53. The molecule has 0 spiro atoms. The van der Waals surface area contributed by atoms with E-state index in [2.05, 4.69) is 46.9 Å². The zero-order valence-corrected chi connectivity index (χ0v) is 11.4. The molecule has 0 saturated carbocycles. The Hall–Kier alpha value is -0.0800. The van der Waals surface area contributed by atoms with Gasteiger partial charge in [-0.2, -0.15) is 0 Å². The number of hydrogen-bond acceptors (Lipinski definition) is 2. The van der Waals surface area contributed by atoms with Crippen molar-refractivity contribution in [3.05, 3.63) is 0 Å². The zero-order chi connectivity index (χ0) is 12.0. The predicted molar refractivity (Wildman–Crippen MR) is 68.8 cm³/mol. The summed E-state index contributed by atoms with van der Waals surface area (Å²) in [5.41, 5.74) is 5.75. The first kappa shape index (κ1) is 14.9. The Morgan fingerprint density at radius 2 is 1.33 bits per heavy atom. The molecule has 0 heterocycles. The van der Waals surface area contributed by atoms with Crippen LogP contribution in [0.5, 0.6) is 0 Å². The van der Waals surface area contributed by atoms with Gasteiger partial charge in [0.2, 0.25) is 0 Å². The minimum Gasteiger partial charge on any atom is -0.329 e. The van der Waals surface area contributed by atoms with Crippen molar-refractivity contribution < 1.29 is 0 Å². The van der Waals surface area contributed by atoms with Gasteiger partial charge in [0.15, 0.2) is 0 Å². The first-order chi connectivity index (χ1) is 6.90. The van der Waals surface area contributed by atoms with Crippen LogP contribution in [0.3, 0.4) is 0 Å². The van der Waals surface area contributed by atoms with Crippen LogP contribution in [0.2, 0.25) is 0 Å². The van der Waals surface area contributed by atoms with Crippen LogP contribution in [-0.2, 0) is 0 Å². The molecule has 0 aliphatic rings. The molecule has 0 aromatic carbocycles. The molecular formula is C13H30N2. The molecule has 2 nitrogen and oxygen atoms in total. The number of rotatable bonds is 7. The van der Waals surface area contributed by atoms with E-state index in [1.54, 1.807) is 0 Å². The number of hydrogen-bond donors (Lipinski definition) is 2. The van der Waals surface area contributed by atoms with Gasteiger partial charge in [-0.05, 0) is 30.2 Å². The Morgan fingerprint density at radius 3 is 1.60 bits per heavy atom. The summed E-state index contributed by atoms with van der Waals surface area (Å²) < 4.78 is 0. The molecule has 1 unspecified atom stereocenters. The van der Waals surface area contributed by atoms with Crippen LogP contribution in [0.15, 0.2) is 0 Å². The highest BCUT2D eigenvalue weighted by Crippen LogP contribution is 2.19. The summed E-state index contributed by atoms with van der Waals surface area (Å²) in [6, 6.07) is 0.463. The SMILES string of the molecule is CC(C)C(CN)NCC(C(C)C)C(C)C. The highest BCUT2D eigenvalue weighted by Gasteiger charge is 2.19. The molecule has 0 aromatic heterocycles. The highest BCUT2D eigenvalue weighted by molar-refractivity contribution is 4.76. The van der Waals surface area contributed by atoms with Gasteiger partial charge < -0.3 is 11.1 Å². The Bertz CT molecular complexity index is 145. The van der Waals surface area contributed by atoms with Gasteiger partial charge in [0.1, 0.15) is 0 Å². The second-order valence-electron chi connectivity index (χ2n) is 5.65. The lowest BCUT2D eigenvalue weighted by atomic mass is 9.85. The molecule has 0 aliphatic carbocycles. The van der Waals surface area contributed by atoms with Gasteiger partial charge in [0, 0.05) is 12.6 Å². The number of nitrogens with one attached hydrogen (secondary N) is 1. The van der Waals surface area contributed by atoms with Crippen molar-refractivity contribution in [2.45, 2.75) is 47.6 Å². The smallest absolute Gasteiger partial charge is 0.0213 e. The van der Waals surface area contributed by atoms with Gasteiger partial charge >= 0.3 is 0 Å². The molecule has 0 aliphatic heterocycles. The lowest BCUT2D eigenvalue weighted by Gasteiger charge is -2.29. The summed E-state index contributed by atoms with van der Waals surface area (Å²) in [5, 5.41) is 3.61. The van der Waals surface area contributed by atoms with Crippen molar-refractivity contribution in [3.8, 4) is 0 Å². The second kappa shape index (κ2) is 7.24. The Balaban J connectivity index is 4.08. The van der Waals surface area contributed by atoms with Crippen LogP contribution in [0, 0.1) is 23.7 Å². The maximum atomic E-state index is 5.75. The maximum Gasteiger partial charge on any atom is 0.0213 e. The summed E-state index contributed by atoms with van der Waals surface area (Å²) in [5.74, 6) is 2.85. The molecule has 0 radical (unpaired) electrons. The molecule has 1 atom stereocenters. The van der Waals surface area contributed by atoms with E-state index in [0.717, 1.165) is 30.8 Å². The molecule has 0 bridgehead atoms. The fraction of sp³-hybridized carbons (Fsp3) is 1.00. The van der Waals surface area contributed by atoms with E-state index in [9.17, 15) is 0 Å². The third-order valence-electron chi connectivity index (χ3n) is 3.39. The first-order valence-corrected chi connectivity index (χ1v) is 6.33. The Morgan fingerprint density at radius 1 is 0.867 bits per heavy atom. The maximum absolute atomic E-state index is 5.75. The lowest BCUT2D eigenvalue weighted by Crippen LogP contribution is -2.44. The first-order valence-electron chi connectivity index (χ1n) is 6.33. The molecular weight excluding hydrogens is 184 g/mol. The van der Waals surface area contributed by atoms with Gasteiger partial charge in [-0.25, -0.2) is 0 Å². The minimum atomic E-state index is 0.463. The van der Waals surface area contributed by atoms with Gasteiger partial charge in [-0.1, -0.05) is 41.5 Å². The van der Waals surface area contributed by atoms with Crippen molar-refractivity contribution in [1.29, 1.82) is 0 Å². The van der Waals surface area contributed by atoms with Crippen LogP contribution < -0.4 is 11.1 Å². The van der Waals surface area contributed by atoms with E-state index in [0.29, 0.717) is 12.0 Å². The average molecular weight is 214 g/mol. The monoisotopic (exact) mass is 214 g/mol. The normalized spacial score (nSPS) is 14.6. The van der Waals surface area contributed by atoms with E-state index in [4.69, 9.17) is 5.73 Å². The minimum absolute atomic E-state index is 0.463. The molecule has 0 aromatic rings. The van der Waals surface area contributed by atoms with Gasteiger partial charge in [0.05, 0.1) is 0 Å². The fourth-order valence-electron chi connectivity index (χ4n) is 2.12. The van der Waals surface area contributed by atoms with E-state index < -0.39 is 0 Å². The molecule has 2 heteroatoms. The summed E-state index contributed by atoms with van der Waals surface area (Å²) in [7, 11) is 0. The molecule has 0 fully saturated rings. The van der Waals surface area contributed by atoms with Crippen LogP contribution >= 0.6 is 0 Å². The molecule has 92 valence electrons. The van der Waals surface area contributed by atoms with Crippen LogP contribution in [-0.4, -0.2) is 19.1 Å². The largest absolute Gasteiger partial charge is 0.329 e. The van der Waals surface area contributed by atoms with Crippen LogP contribution in [0.4, 0.5) is 0 Å². The van der Waals surface area contributed by atoms with Crippen molar-refractivity contribution in [2.75, 3.05) is 13.1 Å². The van der Waals surface area contributed by atoms with Crippen molar-refractivity contribution in [2.24, 2.45) is 29.4 Å². The third-order valence-corrected chi connectivity index (χ3v) is 3.39. The summed E-state index contributed by atoms with van der Waals surface area (Å²) in [4.78, 5) is 0. The molecule has 0 saturated heterocycles. The lowest BCUT2D eigenvalue weighted by molar-refractivity contribution is 0.254. The molecule has 0 amide bonds. The van der Waals surface area contributed by atoms with Crippen LogP contribution in [0.25, 0.3) is 0 Å². The van der Waals surface area contributed by atoms with Crippen molar-refractivity contribution >= 4 is 0 Å². The average Bonchev–Trinajstić information content (AvgIpc) is 2.10. The molecule has 0 rings (SSSR count). The molecule has 3 N–H and O–H groups in total. The quantitative estimate of drug-likeness (QED) is 0.683. The predicted octanol–water partition coefficient (Wildman–Crippen LogP) is 2.49. The summed E-state index contributed by atoms with van der Waals surface area (Å²) in [6.07, 6.45) is 0. The van der Waals surface area contributed by atoms with Crippen LogP contribution in [0.1, 0.15) is 41.5 Å². The van der Waals surface area contributed by atoms with E-state index in [1.807, 2.05) is 0 Å². The zero-order valence-electron chi connectivity index (χ0n) is 11.4. The van der Waals surface area contributed by atoms with Gasteiger partial charge in [0.25, 0.3) is 0 Å². The molecule has 15 heavy (non-hydrogen) atoms. The Labute approximate surface area is 96.0 Å². The standard InChI is InChI=1S/C13H30N2/c1-9(2)12(10(3)4)8-15-13(7-14)11(5)6/h9-13,15H,7-8,14H2,1-6H3. The van der Waals surface area contributed by atoms with Crippen molar-refractivity contribution in [3.63, 3.8) is 0 Å². The fourth-order valence-corrected chi connectivity index (χ4v) is 2.12. The van der Waals surface area contributed by atoms with E-state index in [1.165, 1.54) is 0 Å². The topological polar surface area (TPSA) is 38.0 Å². The second-order valence-corrected chi connectivity index (χ2v) is 5.65. The van der Waals surface area contributed by atoms with Crippen molar-refractivity contribution in [1.82, 2.24) is 5.32 Å². The summed E-state index contributed by atoms with van der Waals surface area (Å²) >= 11 is 0. The highest BCUT2D eigenvalue weighted by atomic mass is 14.9.